The van der Waals surface area contributed by atoms with Gasteiger partial charge >= 0.3 is 0 Å². The minimum Gasteiger partial charge on any atom is -0.484 e. The summed E-state index contributed by atoms with van der Waals surface area (Å²) in [6, 6.07) is 13.8. The Morgan fingerprint density at radius 1 is 1.14 bits per heavy atom. The number of ether oxygens (including phenoxy) is 1. The third-order valence-electron chi connectivity index (χ3n) is 4.27. The first-order valence-electron chi connectivity index (χ1n) is 9.46. The van der Waals surface area contributed by atoms with Crippen LogP contribution in [-0.4, -0.2) is 35.9 Å². The number of amides is 2. The maximum absolute atomic E-state index is 12.9. The Hall–Kier alpha value is -2.05. The molecule has 1 N–H and O–H groups in total. The molecule has 0 radical (unpaired) electrons. The summed E-state index contributed by atoms with van der Waals surface area (Å²) >= 11 is 9.44. The molecule has 29 heavy (non-hydrogen) atoms. The summed E-state index contributed by atoms with van der Waals surface area (Å²) in [6.07, 6.45) is 0. The predicted octanol–water partition coefficient (Wildman–Crippen LogP) is 4.67. The Labute approximate surface area is 185 Å². The molecule has 7 heteroatoms. The minimum absolute atomic E-state index is 0.163. The van der Waals surface area contributed by atoms with Gasteiger partial charge in [-0.05, 0) is 54.8 Å². The Kier molecular flexibility index (Phi) is 8.99. The molecule has 0 aromatic heterocycles. The second-order valence-corrected chi connectivity index (χ2v) is 8.56. The van der Waals surface area contributed by atoms with Crippen LogP contribution in [0.4, 0.5) is 0 Å². The summed E-state index contributed by atoms with van der Waals surface area (Å²) in [5.74, 6) is 0.433. The van der Waals surface area contributed by atoms with Crippen LogP contribution >= 0.6 is 27.5 Å². The molecule has 0 saturated heterocycles. The quantitative estimate of drug-likeness (QED) is 0.566. The van der Waals surface area contributed by atoms with E-state index in [1.807, 2.05) is 38.1 Å². The third kappa shape index (κ3) is 7.71. The van der Waals surface area contributed by atoms with E-state index in [1.54, 1.807) is 31.2 Å². The number of nitrogens with one attached hydrogen (secondary N) is 1. The molecular formula is C22H26BrClN2O3. The van der Waals surface area contributed by atoms with Gasteiger partial charge in [-0.1, -0.05) is 53.5 Å². The summed E-state index contributed by atoms with van der Waals surface area (Å²) in [6.45, 7) is 6.41. The van der Waals surface area contributed by atoms with E-state index in [9.17, 15) is 9.59 Å². The zero-order valence-corrected chi connectivity index (χ0v) is 19.2. The average molecular weight is 482 g/mol. The molecule has 156 valence electrons. The molecule has 1 atom stereocenters. The van der Waals surface area contributed by atoms with Crippen LogP contribution in [0.25, 0.3) is 0 Å². The maximum Gasteiger partial charge on any atom is 0.261 e. The predicted molar refractivity (Wildman–Crippen MR) is 119 cm³/mol. The van der Waals surface area contributed by atoms with E-state index in [4.69, 9.17) is 16.3 Å². The SMILES string of the molecule is CC(C)CNC(=O)[C@@H](C)N(Cc1cccc(Cl)c1)C(=O)COc1ccc(Br)cc1. The summed E-state index contributed by atoms with van der Waals surface area (Å²) in [5, 5.41) is 3.47. The number of hydrogen-bond donors (Lipinski definition) is 1. The van der Waals surface area contributed by atoms with Gasteiger partial charge in [0.05, 0.1) is 0 Å². The topological polar surface area (TPSA) is 58.6 Å². The van der Waals surface area contributed by atoms with Gasteiger partial charge in [-0.3, -0.25) is 9.59 Å². The lowest BCUT2D eigenvalue weighted by Crippen LogP contribution is -2.49. The van der Waals surface area contributed by atoms with Gasteiger partial charge in [-0.25, -0.2) is 0 Å². The van der Waals surface area contributed by atoms with Crippen LogP contribution in [0, 0.1) is 5.92 Å². The lowest BCUT2D eigenvalue weighted by molar-refractivity contribution is -0.142. The molecular weight excluding hydrogens is 456 g/mol. The van der Waals surface area contributed by atoms with Crippen molar-refractivity contribution in [3.63, 3.8) is 0 Å². The average Bonchev–Trinajstić information content (AvgIpc) is 2.69. The number of halogens is 2. The van der Waals surface area contributed by atoms with Crippen LogP contribution in [0.3, 0.4) is 0 Å². The van der Waals surface area contributed by atoms with E-state index in [0.717, 1.165) is 10.0 Å². The number of carbonyl (C=O) groups is 2. The molecule has 0 aliphatic rings. The van der Waals surface area contributed by atoms with Crippen molar-refractivity contribution in [2.45, 2.75) is 33.4 Å². The van der Waals surface area contributed by atoms with Gasteiger partial charge in [0.1, 0.15) is 11.8 Å². The van der Waals surface area contributed by atoms with E-state index < -0.39 is 6.04 Å². The van der Waals surface area contributed by atoms with E-state index >= 15 is 0 Å². The normalized spacial score (nSPS) is 11.8. The van der Waals surface area contributed by atoms with Crippen LogP contribution in [-0.2, 0) is 16.1 Å². The fourth-order valence-electron chi connectivity index (χ4n) is 2.63. The van der Waals surface area contributed by atoms with Crippen LogP contribution < -0.4 is 10.1 Å². The number of carbonyl (C=O) groups excluding carboxylic acids is 2. The molecule has 5 nitrogen and oxygen atoms in total. The minimum atomic E-state index is -0.645. The monoisotopic (exact) mass is 480 g/mol. The first-order chi connectivity index (χ1) is 13.8. The smallest absolute Gasteiger partial charge is 0.261 e. The lowest BCUT2D eigenvalue weighted by Gasteiger charge is -2.29. The van der Waals surface area contributed by atoms with Crippen LogP contribution in [0.15, 0.2) is 53.0 Å². The van der Waals surface area contributed by atoms with Crippen molar-refractivity contribution in [3.8, 4) is 5.75 Å². The summed E-state index contributed by atoms with van der Waals surface area (Å²) < 4.78 is 6.55. The number of nitrogens with zero attached hydrogens (tertiary/aromatic N) is 1. The van der Waals surface area contributed by atoms with Crippen molar-refractivity contribution < 1.29 is 14.3 Å². The van der Waals surface area contributed by atoms with Crippen LogP contribution in [0.5, 0.6) is 5.75 Å². The second-order valence-electron chi connectivity index (χ2n) is 7.21. The van der Waals surface area contributed by atoms with Gasteiger partial charge in [-0.2, -0.15) is 0 Å². The van der Waals surface area contributed by atoms with Gasteiger partial charge in [0.15, 0.2) is 6.61 Å². The molecule has 0 spiro atoms. The van der Waals surface area contributed by atoms with E-state index in [2.05, 4.69) is 21.2 Å². The van der Waals surface area contributed by atoms with Gasteiger partial charge < -0.3 is 15.0 Å². The molecule has 2 rings (SSSR count). The summed E-state index contributed by atoms with van der Waals surface area (Å²) in [7, 11) is 0. The number of rotatable bonds is 9. The Morgan fingerprint density at radius 2 is 1.83 bits per heavy atom. The van der Waals surface area contributed by atoms with E-state index in [-0.39, 0.29) is 25.0 Å². The molecule has 2 amide bonds. The molecule has 0 saturated carbocycles. The van der Waals surface area contributed by atoms with Crippen molar-refractivity contribution in [3.05, 3.63) is 63.6 Å². The van der Waals surface area contributed by atoms with Gasteiger partial charge in [0, 0.05) is 22.6 Å². The largest absolute Gasteiger partial charge is 0.484 e. The molecule has 0 aliphatic carbocycles. The summed E-state index contributed by atoms with van der Waals surface area (Å²) in [4.78, 5) is 27.0. The van der Waals surface area contributed by atoms with Gasteiger partial charge in [0.2, 0.25) is 5.91 Å². The van der Waals surface area contributed by atoms with Crippen molar-refractivity contribution in [2.75, 3.05) is 13.2 Å². The second kappa shape index (κ2) is 11.2. The third-order valence-corrected chi connectivity index (χ3v) is 5.03. The standard InChI is InChI=1S/C22H26BrClN2O3/c1-15(2)12-25-22(28)16(3)26(13-17-5-4-6-19(24)11-17)21(27)14-29-20-9-7-18(23)8-10-20/h4-11,15-16H,12-14H2,1-3H3,(H,25,28)/t16-/m1/s1. The molecule has 0 unspecified atom stereocenters. The Bertz CT molecular complexity index is 827. The molecule has 2 aromatic rings. The molecule has 0 aliphatic heterocycles. The Morgan fingerprint density at radius 3 is 2.45 bits per heavy atom. The van der Waals surface area contributed by atoms with Crippen molar-refractivity contribution >= 4 is 39.3 Å². The van der Waals surface area contributed by atoms with Crippen molar-refractivity contribution in [1.29, 1.82) is 0 Å². The summed E-state index contributed by atoms with van der Waals surface area (Å²) in [5.41, 5.74) is 0.845. The fraction of sp³-hybridized carbons (Fsp3) is 0.364. The van der Waals surface area contributed by atoms with Crippen LogP contribution in [0.1, 0.15) is 26.3 Å². The zero-order chi connectivity index (χ0) is 21.4. The van der Waals surface area contributed by atoms with Gasteiger partial charge in [0.25, 0.3) is 5.91 Å². The first kappa shape index (κ1) is 23.2. The highest BCUT2D eigenvalue weighted by atomic mass is 79.9. The van der Waals surface area contributed by atoms with Crippen molar-refractivity contribution in [1.82, 2.24) is 10.2 Å². The van der Waals surface area contributed by atoms with Crippen molar-refractivity contribution in [2.24, 2.45) is 5.92 Å². The van der Waals surface area contributed by atoms with Gasteiger partial charge in [-0.15, -0.1) is 0 Å². The van der Waals surface area contributed by atoms with E-state index in [0.29, 0.717) is 23.2 Å². The number of hydrogen-bond acceptors (Lipinski definition) is 3. The fourth-order valence-corrected chi connectivity index (χ4v) is 3.10. The first-order valence-corrected chi connectivity index (χ1v) is 10.6. The number of benzene rings is 2. The van der Waals surface area contributed by atoms with Crippen LogP contribution in [0.2, 0.25) is 5.02 Å². The molecule has 0 fully saturated rings. The van der Waals surface area contributed by atoms with E-state index in [1.165, 1.54) is 4.90 Å². The molecule has 2 aromatic carbocycles. The lowest BCUT2D eigenvalue weighted by atomic mass is 10.1. The highest BCUT2D eigenvalue weighted by Gasteiger charge is 2.26. The maximum atomic E-state index is 12.9. The molecule has 0 bridgehead atoms. The highest BCUT2D eigenvalue weighted by molar-refractivity contribution is 9.10. The highest BCUT2D eigenvalue weighted by Crippen LogP contribution is 2.18. The molecule has 0 heterocycles. The Balaban J connectivity index is 2.12. The zero-order valence-electron chi connectivity index (χ0n) is 16.8.